The Hall–Kier alpha value is -5.54. The predicted octanol–water partition coefficient (Wildman–Crippen LogP) is 0.707. The van der Waals surface area contributed by atoms with E-state index in [2.05, 4.69) is 20.6 Å². The zero-order valence-corrected chi connectivity index (χ0v) is 28.2. The van der Waals surface area contributed by atoms with Gasteiger partial charge in [0, 0.05) is 52.4 Å². The number of carbonyl (C=O) groups is 4. The maximum Gasteiger partial charge on any atom is 0.317 e. The van der Waals surface area contributed by atoms with E-state index in [1.54, 1.807) is 34.1 Å². The Kier molecular flexibility index (Phi) is 12.0. The molecule has 1 saturated carbocycles. The number of benzene rings is 2. The molecule has 2 heterocycles. The number of amides is 6. The Morgan fingerprint density at radius 1 is 0.620 bits per heavy atom. The van der Waals surface area contributed by atoms with Crippen LogP contribution in [0.1, 0.15) is 36.8 Å². The lowest BCUT2D eigenvalue weighted by Crippen LogP contribution is -2.60. The molecule has 5 rings (SSSR count). The molecule has 2 aliphatic heterocycles. The van der Waals surface area contributed by atoms with Crippen LogP contribution in [0, 0.1) is 11.8 Å². The van der Waals surface area contributed by atoms with E-state index < -0.39 is 0 Å². The van der Waals surface area contributed by atoms with Crippen LogP contribution in [0.25, 0.3) is 0 Å². The third kappa shape index (κ3) is 9.33. The lowest BCUT2D eigenvalue weighted by molar-refractivity contribution is -0.126. The van der Waals surface area contributed by atoms with Gasteiger partial charge in [-0.1, -0.05) is 24.3 Å². The van der Waals surface area contributed by atoms with Crippen molar-refractivity contribution in [1.29, 1.82) is 0 Å². The highest BCUT2D eigenvalue weighted by Crippen LogP contribution is 2.37. The van der Waals surface area contributed by atoms with Gasteiger partial charge in [0.1, 0.15) is 0 Å². The van der Waals surface area contributed by atoms with Crippen LogP contribution in [-0.2, 0) is 22.7 Å². The lowest BCUT2D eigenvalue weighted by atomic mass is 9.74. The van der Waals surface area contributed by atoms with Crippen molar-refractivity contribution in [3.05, 3.63) is 59.7 Å². The maximum absolute atomic E-state index is 13.2. The van der Waals surface area contributed by atoms with Gasteiger partial charge in [-0.05, 0) is 72.9 Å². The molecule has 3 aliphatic rings. The number of piperazine rings is 2. The molecule has 10 N–H and O–H groups in total. The molecule has 0 spiro atoms. The molecule has 0 aromatic heterocycles. The summed E-state index contributed by atoms with van der Waals surface area (Å²) in [6.07, 6.45) is 5.25. The number of hydrogen-bond donors (Lipinski definition) is 6. The van der Waals surface area contributed by atoms with E-state index in [4.69, 9.17) is 22.9 Å². The summed E-state index contributed by atoms with van der Waals surface area (Å²) in [6, 6.07) is 14.0. The Morgan fingerprint density at radius 2 is 0.980 bits per heavy atom. The van der Waals surface area contributed by atoms with Crippen molar-refractivity contribution in [3.8, 4) is 0 Å². The molecule has 50 heavy (non-hydrogen) atoms. The summed E-state index contributed by atoms with van der Waals surface area (Å²) in [4.78, 5) is 65.7. The van der Waals surface area contributed by atoms with E-state index in [-0.39, 0.29) is 47.9 Å². The molecular weight excluding hydrogens is 640 g/mol. The summed E-state index contributed by atoms with van der Waals surface area (Å²) >= 11 is 0. The van der Waals surface area contributed by atoms with Crippen LogP contribution in [0.15, 0.2) is 58.5 Å². The minimum absolute atomic E-state index is 0.0195. The van der Waals surface area contributed by atoms with Gasteiger partial charge in [0.05, 0.1) is 23.5 Å². The molecule has 1 aliphatic carbocycles. The molecule has 6 amide bonds. The lowest BCUT2D eigenvalue weighted by Gasteiger charge is -2.48. The smallest absolute Gasteiger partial charge is 0.317 e. The Morgan fingerprint density at radius 3 is 1.30 bits per heavy atom. The number of aliphatic imine (C=N–C) groups is 2. The summed E-state index contributed by atoms with van der Waals surface area (Å²) in [7, 11) is 0. The van der Waals surface area contributed by atoms with E-state index in [1.165, 1.54) is 0 Å². The van der Waals surface area contributed by atoms with Crippen LogP contribution in [0.3, 0.4) is 0 Å². The van der Waals surface area contributed by atoms with Gasteiger partial charge in [0.15, 0.2) is 11.9 Å². The van der Waals surface area contributed by atoms with Crippen LogP contribution in [0.4, 0.5) is 21.0 Å². The van der Waals surface area contributed by atoms with Gasteiger partial charge < -0.3 is 53.2 Å². The number of rotatable bonds is 10. The van der Waals surface area contributed by atoms with E-state index in [1.807, 2.05) is 34.1 Å². The summed E-state index contributed by atoms with van der Waals surface area (Å²) < 4.78 is 0. The number of guanidine groups is 2. The van der Waals surface area contributed by atoms with Crippen molar-refractivity contribution >= 4 is 48.2 Å². The first-order valence-electron chi connectivity index (χ1n) is 17.0. The van der Waals surface area contributed by atoms with Gasteiger partial charge in [-0.2, -0.15) is 0 Å². The second-order valence-corrected chi connectivity index (χ2v) is 13.1. The minimum atomic E-state index is -0.173. The van der Waals surface area contributed by atoms with Gasteiger partial charge >= 0.3 is 12.1 Å². The maximum atomic E-state index is 13.2. The van der Waals surface area contributed by atoms with Gasteiger partial charge in [0.25, 0.3) is 0 Å². The van der Waals surface area contributed by atoms with Gasteiger partial charge in [-0.3, -0.25) is 9.59 Å². The first-order chi connectivity index (χ1) is 24.1. The van der Waals surface area contributed by atoms with E-state index in [0.717, 1.165) is 49.6 Å². The molecular formula is C34H48N12O4. The van der Waals surface area contributed by atoms with Crippen molar-refractivity contribution < 1.29 is 19.2 Å². The topological polar surface area (TPSA) is 234 Å². The third-order valence-corrected chi connectivity index (χ3v) is 9.95. The zero-order valence-electron chi connectivity index (χ0n) is 28.2. The molecule has 268 valence electrons. The molecule has 2 aromatic carbocycles. The van der Waals surface area contributed by atoms with Crippen LogP contribution >= 0.6 is 0 Å². The predicted molar refractivity (Wildman–Crippen MR) is 190 cm³/mol. The van der Waals surface area contributed by atoms with E-state index >= 15 is 0 Å². The number of nitrogens with zero attached hydrogens (tertiary/aromatic N) is 6. The fourth-order valence-corrected chi connectivity index (χ4v) is 7.29. The zero-order chi connectivity index (χ0) is 35.6. The number of urea groups is 2. The Balaban J connectivity index is 1.12. The van der Waals surface area contributed by atoms with Crippen molar-refractivity contribution in [1.82, 2.24) is 30.2 Å². The number of hydrogen-bond acceptors (Lipinski definition) is 6. The van der Waals surface area contributed by atoms with Gasteiger partial charge in [0.2, 0.25) is 12.8 Å². The Bertz CT molecular complexity index is 1420. The molecule has 16 nitrogen and oxygen atoms in total. The van der Waals surface area contributed by atoms with Crippen LogP contribution in [0.5, 0.6) is 0 Å². The molecule has 2 atom stereocenters. The van der Waals surface area contributed by atoms with Crippen LogP contribution in [-0.4, -0.2) is 108 Å². The number of carbonyl (C=O) groups excluding carboxylic acids is 4. The van der Waals surface area contributed by atoms with Crippen molar-refractivity contribution in [2.45, 2.75) is 50.9 Å². The summed E-state index contributed by atoms with van der Waals surface area (Å²) in [5, 5.41) is 5.98. The number of nitrogens with one attached hydrogen (secondary N) is 2. The summed E-state index contributed by atoms with van der Waals surface area (Å²) in [6.45, 7) is 3.47. The molecule has 0 radical (unpaired) electrons. The van der Waals surface area contributed by atoms with Crippen LogP contribution in [0.2, 0.25) is 0 Å². The molecule has 2 aromatic rings. The van der Waals surface area contributed by atoms with Crippen molar-refractivity contribution in [2.75, 3.05) is 39.3 Å². The second-order valence-electron chi connectivity index (χ2n) is 13.1. The fourth-order valence-electron chi connectivity index (χ4n) is 7.29. The standard InChI is InChI=1S/C34H48N12O4/c35-31(36)41-27-9-1-23(2-10-27)17-39-33(49)43-13-15-45(21-47)29(19-43)25-5-7-26(8-6-25)30-20-44(14-16-46(30)22-48)34(50)40-18-24-3-11-28(12-4-24)42-32(37)38/h1-4,9-12,21-22,25-26,29-30H,5-8,13-20H2,(H,39,49)(H,40,50)(H4,35,36,41)(H4,37,38,42). The first kappa shape index (κ1) is 35.8. The van der Waals surface area contributed by atoms with Gasteiger partial charge in [-0.15, -0.1) is 0 Å². The van der Waals surface area contributed by atoms with E-state index in [9.17, 15) is 19.2 Å². The SMILES string of the molecule is NC(N)=Nc1ccc(CNC(=O)N2CCN(C=O)C(C3CCC(C4CN(C(=O)NCc5ccc(N=C(N)N)cc5)CCN4C=O)CC3)C2)cc1. The summed E-state index contributed by atoms with van der Waals surface area (Å²) in [5.41, 5.74) is 24.8. The Labute approximate surface area is 291 Å². The highest BCUT2D eigenvalue weighted by Gasteiger charge is 2.40. The quantitative estimate of drug-likeness (QED) is 0.118. The largest absolute Gasteiger partial charge is 0.370 e. The fraction of sp³-hybridized carbons (Fsp3) is 0.471. The first-order valence-corrected chi connectivity index (χ1v) is 17.0. The van der Waals surface area contributed by atoms with Gasteiger partial charge in [-0.25, -0.2) is 19.6 Å². The van der Waals surface area contributed by atoms with Crippen molar-refractivity contribution in [2.24, 2.45) is 44.8 Å². The minimum Gasteiger partial charge on any atom is -0.370 e. The molecule has 16 heteroatoms. The molecule has 0 bridgehead atoms. The summed E-state index contributed by atoms with van der Waals surface area (Å²) in [5.74, 6) is 0.408. The number of nitrogens with two attached hydrogens (primary N) is 4. The molecule has 2 saturated heterocycles. The average Bonchev–Trinajstić information content (AvgIpc) is 3.13. The highest BCUT2D eigenvalue weighted by molar-refractivity contribution is 5.79. The molecule has 3 fully saturated rings. The highest BCUT2D eigenvalue weighted by atomic mass is 16.2. The monoisotopic (exact) mass is 688 g/mol. The molecule has 2 unspecified atom stereocenters. The second kappa shape index (κ2) is 16.7. The van der Waals surface area contributed by atoms with Crippen LogP contribution < -0.4 is 33.6 Å². The van der Waals surface area contributed by atoms with E-state index in [0.29, 0.717) is 63.7 Å². The average molecular weight is 689 g/mol. The van der Waals surface area contributed by atoms with Crippen molar-refractivity contribution in [3.63, 3.8) is 0 Å². The normalized spacial score (nSPS) is 22.2. The third-order valence-electron chi connectivity index (χ3n) is 9.95.